The van der Waals surface area contributed by atoms with Crippen LogP contribution in [0, 0.1) is 0 Å². The fourth-order valence-electron chi connectivity index (χ4n) is 0.856. The Morgan fingerprint density at radius 2 is 1.92 bits per heavy atom. The molecule has 0 fully saturated rings. The van der Waals surface area contributed by atoms with E-state index in [1.165, 1.54) is 0 Å². The van der Waals surface area contributed by atoms with Crippen molar-refractivity contribution >= 4 is 30.8 Å². The third kappa shape index (κ3) is 4.42. The van der Waals surface area contributed by atoms with Gasteiger partial charge in [0.1, 0.15) is 6.04 Å². The lowest BCUT2D eigenvalue weighted by atomic mass is 10.2. The summed E-state index contributed by atoms with van der Waals surface area (Å²) in [6.07, 6.45) is -4.26. The second-order valence-corrected chi connectivity index (χ2v) is 2.29. The Hall–Kier alpha value is -0.360. The molecular weight excluding hydrogens is 230 g/mol. The van der Waals surface area contributed by atoms with Gasteiger partial charge in [-0.25, -0.2) is 0 Å². The molecule has 13 heavy (non-hydrogen) atoms. The minimum absolute atomic E-state index is 0. The van der Waals surface area contributed by atoms with Gasteiger partial charge < -0.3 is 11.1 Å². The van der Waals surface area contributed by atoms with Gasteiger partial charge in [-0.3, -0.25) is 4.99 Å². The lowest BCUT2D eigenvalue weighted by Crippen LogP contribution is -2.51. The van der Waals surface area contributed by atoms with Crippen molar-refractivity contribution in [1.82, 2.24) is 5.32 Å². The average Bonchev–Trinajstić information content (AvgIpc) is 1.86. The van der Waals surface area contributed by atoms with E-state index in [1.54, 1.807) is 0 Å². The van der Waals surface area contributed by atoms with Crippen molar-refractivity contribution < 1.29 is 13.2 Å². The molecule has 0 aliphatic carbocycles. The predicted octanol–water partition coefficient (Wildman–Crippen LogP) is 1.07. The summed E-state index contributed by atoms with van der Waals surface area (Å²) in [5.74, 6) is -0.126. The van der Waals surface area contributed by atoms with Crippen LogP contribution in [-0.2, 0) is 0 Å². The highest BCUT2D eigenvalue weighted by molar-refractivity contribution is 5.85. The molecule has 80 valence electrons. The third-order valence-electron chi connectivity index (χ3n) is 1.42. The number of halogens is 5. The van der Waals surface area contributed by atoms with Crippen molar-refractivity contribution in [1.29, 1.82) is 0 Å². The van der Waals surface area contributed by atoms with Crippen LogP contribution < -0.4 is 11.1 Å². The summed E-state index contributed by atoms with van der Waals surface area (Å²) in [6.45, 7) is 0.142. The Kier molecular flexibility index (Phi) is 6.27. The summed E-state index contributed by atoms with van der Waals surface area (Å²) in [5.41, 5.74) is 5.06. The van der Waals surface area contributed by atoms with Gasteiger partial charge in [-0.15, -0.1) is 24.8 Å². The summed E-state index contributed by atoms with van der Waals surface area (Å²) in [7, 11) is 0. The first-order valence-corrected chi connectivity index (χ1v) is 3.13. The normalized spacial score (nSPS) is 21.8. The Balaban J connectivity index is 0. The summed E-state index contributed by atoms with van der Waals surface area (Å²) in [6, 6.07) is -1.53. The van der Waals surface area contributed by atoms with E-state index in [0.717, 1.165) is 0 Å². The lowest BCUT2D eigenvalue weighted by Gasteiger charge is -2.24. The van der Waals surface area contributed by atoms with Crippen molar-refractivity contribution in [3.05, 3.63) is 0 Å². The van der Waals surface area contributed by atoms with Crippen LogP contribution in [0.5, 0.6) is 0 Å². The molecule has 1 unspecified atom stereocenters. The van der Waals surface area contributed by atoms with Crippen molar-refractivity contribution in [3.63, 3.8) is 0 Å². The topological polar surface area (TPSA) is 50.4 Å². The smallest absolute Gasteiger partial charge is 0.370 e. The molecule has 1 rings (SSSR count). The summed E-state index contributed by atoms with van der Waals surface area (Å²) >= 11 is 0. The van der Waals surface area contributed by atoms with E-state index in [1.807, 2.05) is 0 Å². The standard InChI is InChI=1S/C5H8F3N3.2ClH/c6-5(7,8)3-1-2-10-4(9)11-3;;/h3H,1-2H2,(H3,9,10,11);2*1H. The molecule has 0 saturated carbocycles. The molecule has 1 aliphatic rings. The maximum absolute atomic E-state index is 11.9. The summed E-state index contributed by atoms with van der Waals surface area (Å²) < 4.78 is 35.8. The van der Waals surface area contributed by atoms with E-state index in [4.69, 9.17) is 5.73 Å². The zero-order valence-electron chi connectivity index (χ0n) is 6.47. The lowest BCUT2D eigenvalue weighted by molar-refractivity contribution is -0.153. The zero-order valence-corrected chi connectivity index (χ0v) is 8.10. The molecule has 0 aromatic carbocycles. The Morgan fingerprint density at radius 3 is 2.23 bits per heavy atom. The van der Waals surface area contributed by atoms with E-state index < -0.39 is 12.2 Å². The van der Waals surface area contributed by atoms with Gasteiger partial charge in [-0.05, 0) is 6.42 Å². The Morgan fingerprint density at radius 1 is 1.38 bits per heavy atom. The Bertz CT molecular complexity index is 182. The molecule has 0 aromatic rings. The second kappa shape index (κ2) is 5.39. The van der Waals surface area contributed by atoms with Crippen LogP contribution in [0.3, 0.4) is 0 Å². The first-order valence-electron chi connectivity index (χ1n) is 3.13. The summed E-state index contributed by atoms with van der Waals surface area (Å²) in [5, 5.41) is 2.06. The number of hydrogen-bond donors (Lipinski definition) is 2. The quantitative estimate of drug-likeness (QED) is 0.665. The molecule has 3 N–H and O–H groups in total. The number of alkyl halides is 3. The van der Waals surface area contributed by atoms with E-state index >= 15 is 0 Å². The van der Waals surface area contributed by atoms with Crippen molar-refractivity contribution in [2.45, 2.75) is 18.6 Å². The molecular formula is C5H10Cl2F3N3. The molecule has 0 aromatic heterocycles. The van der Waals surface area contributed by atoms with Crippen LogP contribution in [0.2, 0.25) is 0 Å². The van der Waals surface area contributed by atoms with Gasteiger partial charge in [-0.2, -0.15) is 13.2 Å². The van der Waals surface area contributed by atoms with Gasteiger partial charge in [0.05, 0.1) is 0 Å². The molecule has 0 radical (unpaired) electrons. The number of hydrogen-bond acceptors (Lipinski definition) is 3. The largest absolute Gasteiger partial charge is 0.408 e. The van der Waals surface area contributed by atoms with Crippen LogP contribution in [-0.4, -0.2) is 24.7 Å². The number of guanidine groups is 1. The monoisotopic (exact) mass is 239 g/mol. The van der Waals surface area contributed by atoms with Crippen LogP contribution in [0.15, 0.2) is 4.99 Å². The Labute approximate surface area is 85.8 Å². The molecule has 0 bridgehead atoms. The summed E-state index contributed by atoms with van der Waals surface area (Å²) in [4.78, 5) is 3.58. The average molecular weight is 240 g/mol. The fraction of sp³-hybridized carbons (Fsp3) is 0.800. The van der Waals surface area contributed by atoms with E-state index in [0.29, 0.717) is 0 Å². The first kappa shape index (κ1) is 15.1. The number of nitrogens with two attached hydrogens (primary N) is 1. The molecule has 1 aliphatic heterocycles. The van der Waals surface area contributed by atoms with Crippen molar-refractivity contribution in [2.75, 3.05) is 6.54 Å². The highest BCUT2D eigenvalue weighted by atomic mass is 35.5. The molecule has 0 amide bonds. The third-order valence-corrected chi connectivity index (χ3v) is 1.42. The van der Waals surface area contributed by atoms with Crippen molar-refractivity contribution in [3.8, 4) is 0 Å². The maximum atomic E-state index is 11.9. The molecule has 3 nitrogen and oxygen atoms in total. The predicted molar refractivity (Wildman–Crippen MR) is 48.6 cm³/mol. The molecule has 1 heterocycles. The second-order valence-electron chi connectivity index (χ2n) is 2.29. The number of nitrogens with one attached hydrogen (secondary N) is 1. The SMILES string of the molecule is Cl.Cl.NC1=NCCC(C(F)(F)F)N1. The van der Waals surface area contributed by atoms with Gasteiger partial charge in [0.2, 0.25) is 0 Å². The van der Waals surface area contributed by atoms with E-state index in [-0.39, 0.29) is 43.7 Å². The van der Waals surface area contributed by atoms with Crippen LogP contribution in [0.4, 0.5) is 13.2 Å². The number of rotatable bonds is 0. The highest BCUT2D eigenvalue weighted by Gasteiger charge is 2.40. The minimum Gasteiger partial charge on any atom is -0.370 e. The minimum atomic E-state index is -4.22. The molecule has 0 saturated heterocycles. The van der Waals surface area contributed by atoms with Crippen molar-refractivity contribution in [2.24, 2.45) is 10.7 Å². The van der Waals surface area contributed by atoms with Gasteiger partial charge in [0, 0.05) is 6.54 Å². The van der Waals surface area contributed by atoms with E-state index in [9.17, 15) is 13.2 Å². The van der Waals surface area contributed by atoms with Gasteiger partial charge in [-0.1, -0.05) is 0 Å². The van der Waals surface area contributed by atoms with Gasteiger partial charge >= 0.3 is 6.18 Å². The van der Waals surface area contributed by atoms with Gasteiger partial charge in [0.15, 0.2) is 5.96 Å². The molecule has 1 atom stereocenters. The zero-order chi connectivity index (χ0) is 8.48. The van der Waals surface area contributed by atoms with Crippen LogP contribution in [0.25, 0.3) is 0 Å². The molecule has 0 spiro atoms. The maximum Gasteiger partial charge on any atom is 0.408 e. The fourth-order valence-corrected chi connectivity index (χ4v) is 0.856. The molecule has 8 heteroatoms. The highest BCUT2D eigenvalue weighted by Crippen LogP contribution is 2.23. The van der Waals surface area contributed by atoms with Crippen LogP contribution in [0.1, 0.15) is 6.42 Å². The number of aliphatic imine (C=N–C) groups is 1. The van der Waals surface area contributed by atoms with Crippen LogP contribution >= 0.6 is 24.8 Å². The first-order chi connectivity index (χ1) is 5.00. The number of nitrogens with zero attached hydrogens (tertiary/aromatic N) is 1. The van der Waals surface area contributed by atoms with Gasteiger partial charge in [0.25, 0.3) is 0 Å². The van der Waals surface area contributed by atoms with E-state index in [2.05, 4.69) is 10.3 Å².